The smallest absolute Gasteiger partial charge is 0.416 e. The molecule has 0 amide bonds. The minimum Gasteiger partial charge on any atom is -0.507 e. The summed E-state index contributed by atoms with van der Waals surface area (Å²) < 4.78 is 38.9. The van der Waals surface area contributed by atoms with Gasteiger partial charge < -0.3 is 5.11 Å². The standard InChI is InChI=1S/C23H21Cl2F3O/c1-11-12(2)20(22(4,5)13(11)3)19-18(17(29)10-16(24)21(19)25)14-6-8-15(9-7-14)23(26,27)28/h6-10,29H,1-5H3. The van der Waals surface area contributed by atoms with E-state index in [4.69, 9.17) is 23.2 Å². The van der Waals surface area contributed by atoms with Gasteiger partial charge in [-0.25, -0.2) is 0 Å². The Morgan fingerprint density at radius 1 is 0.897 bits per heavy atom. The highest BCUT2D eigenvalue weighted by molar-refractivity contribution is 6.43. The average molecular weight is 441 g/mol. The van der Waals surface area contributed by atoms with E-state index in [1.54, 1.807) is 0 Å². The first-order valence-electron chi connectivity index (χ1n) is 9.07. The number of phenolic OH excluding ortho intramolecular Hbond substituents is 1. The van der Waals surface area contributed by atoms with Crippen molar-refractivity contribution in [1.29, 1.82) is 0 Å². The van der Waals surface area contributed by atoms with Crippen molar-refractivity contribution in [2.24, 2.45) is 5.41 Å². The normalized spacial score (nSPS) is 16.8. The summed E-state index contributed by atoms with van der Waals surface area (Å²) in [5.74, 6) is -0.132. The molecule has 2 aromatic rings. The average Bonchev–Trinajstić information content (AvgIpc) is 2.77. The van der Waals surface area contributed by atoms with Crippen LogP contribution in [0, 0.1) is 5.41 Å². The lowest BCUT2D eigenvalue weighted by Crippen LogP contribution is -2.14. The summed E-state index contributed by atoms with van der Waals surface area (Å²) in [4.78, 5) is 0. The summed E-state index contributed by atoms with van der Waals surface area (Å²) in [6.07, 6.45) is -4.44. The van der Waals surface area contributed by atoms with Gasteiger partial charge in [0.2, 0.25) is 0 Å². The number of hydrogen-bond acceptors (Lipinski definition) is 1. The van der Waals surface area contributed by atoms with Gasteiger partial charge >= 0.3 is 6.18 Å². The largest absolute Gasteiger partial charge is 0.507 e. The van der Waals surface area contributed by atoms with Gasteiger partial charge in [0, 0.05) is 22.6 Å². The zero-order valence-electron chi connectivity index (χ0n) is 16.7. The number of hydrogen-bond donors (Lipinski definition) is 1. The van der Waals surface area contributed by atoms with Crippen LogP contribution in [0.1, 0.15) is 45.7 Å². The van der Waals surface area contributed by atoms with Gasteiger partial charge in [-0.15, -0.1) is 0 Å². The summed E-state index contributed by atoms with van der Waals surface area (Å²) in [6.45, 7) is 10.2. The van der Waals surface area contributed by atoms with Gasteiger partial charge in [-0.3, -0.25) is 0 Å². The van der Waals surface area contributed by atoms with E-state index in [1.165, 1.54) is 23.8 Å². The van der Waals surface area contributed by atoms with Crippen LogP contribution in [0.2, 0.25) is 10.0 Å². The zero-order chi connectivity index (χ0) is 21.9. The Morgan fingerprint density at radius 3 is 1.90 bits per heavy atom. The van der Waals surface area contributed by atoms with Crippen molar-refractivity contribution in [2.45, 2.75) is 40.8 Å². The Balaban J connectivity index is 2.33. The van der Waals surface area contributed by atoms with Gasteiger partial charge in [-0.05, 0) is 55.2 Å². The van der Waals surface area contributed by atoms with Crippen molar-refractivity contribution >= 4 is 28.8 Å². The van der Waals surface area contributed by atoms with Gasteiger partial charge in [-0.1, -0.05) is 54.8 Å². The lowest BCUT2D eigenvalue weighted by Gasteiger charge is -2.29. The highest BCUT2D eigenvalue weighted by Crippen LogP contribution is 2.56. The van der Waals surface area contributed by atoms with E-state index in [9.17, 15) is 18.3 Å². The molecule has 1 N–H and O–H groups in total. The minimum absolute atomic E-state index is 0.132. The summed E-state index contributed by atoms with van der Waals surface area (Å²) in [5, 5.41) is 11.2. The molecule has 1 aliphatic carbocycles. The molecule has 0 unspecified atom stereocenters. The number of halogens is 5. The SMILES string of the molecule is CC1=C(C)C(C)(C)C(c2c(Cl)c(Cl)cc(O)c2-c2ccc(C(F)(F)F)cc2)=C1C. The van der Waals surface area contributed by atoms with E-state index in [2.05, 4.69) is 13.8 Å². The van der Waals surface area contributed by atoms with E-state index in [1.807, 2.05) is 20.8 Å². The molecule has 0 aliphatic heterocycles. The number of phenols is 1. The third kappa shape index (κ3) is 3.47. The molecule has 2 aromatic carbocycles. The second-order valence-electron chi connectivity index (χ2n) is 7.89. The molecule has 0 atom stereocenters. The molecule has 0 fully saturated rings. The molecule has 0 spiro atoms. The van der Waals surface area contributed by atoms with Gasteiger partial charge in [0.25, 0.3) is 0 Å². The van der Waals surface area contributed by atoms with Gasteiger partial charge in [0.05, 0.1) is 15.6 Å². The second-order valence-corrected chi connectivity index (χ2v) is 8.68. The Hall–Kier alpha value is -1.91. The molecule has 0 heterocycles. The molecule has 6 heteroatoms. The predicted octanol–water partition coefficient (Wildman–Crippen LogP) is 8.53. The quantitative estimate of drug-likeness (QED) is 0.495. The van der Waals surface area contributed by atoms with Crippen LogP contribution < -0.4 is 0 Å². The van der Waals surface area contributed by atoms with Crippen LogP contribution in [-0.2, 0) is 6.18 Å². The number of rotatable bonds is 2. The number of aromatic hydroxyl groups is 1. The maximum atomic E-state index is 13.0. The molecule has 0 radical (unpaired) electrons. The number of benzene rings is 2. The third-order valence-electron chi connectivity index (χ3n) is 6.01. The van der Waals surface area contributed by atoms with Gasteiger partial charge in [0.15, 0.2) is 0 Å². The molecule has 0 saturated heterocycles. The molecular formula is C23H21Cl2F3O. The predicted molar refractivity (Wildman–Crippen MR) is 113 cm³/mol. The van der Waals surface area contributed by atoms with E-state index in [0.717, 1.165) is 28.9 Å². The van der Waals surface area contributed by atoms with Crippen LogP contribution in [0.25, 0.3) is 16.7 Å². The first-order valence-corrected chi connectivity index (χ1v) is 9.82. The Labute approximate surface area is 178 Å². The monoisotopic (exact) mass is 440 g/mol. The zero-order valence-corrected chi connectivity index (χ0v) is 18.2. The van der Waals surface area contributed by atoms with Crippen LogP contribution in [0.5, 0.6) is 5.75 Å². The maximum Gasteiger partial charge on any atom is 0.416 e. The van der Waals surface area contributed by atoms with Crippen LogP contribution in [0.4, 0.5) is 13.2 Å². The van der Waals surface area contributed by atoms with Crippen molar-refractivity contribution in [3.63, 3.8) is 0 Å². The van der Waals surface area contributed by atoms with Gasteiger partial charge in [-0.2, -0.15) is 13.2 Å². The molecule has 1 aliphatic rings. The van der Waals surface area contributed by atoms with Crippen molar-refractivity contribution in [3.05, 3.63) is 68.2 Å². The molecule has 0 bridgehead atoms. The number of allylic oxidation sites excluding steroid dienone is 4. The third-order valence-corrected chi connectivity index (χ3v) is 6.80. The fraction of sp³-hybridized carbons (Fsp3) is 0.304. The van der Waals surface area contributed by atoms with Crippen LogP contribution in [0.15, 0.2) is 47.1 Å². The van der Waals surface area contributed by atoms with E-state index in [0.29, 0.717) is 16.7 Å². The van der Waals surface area contributed by atoms with Crippen molar-refractivity contribution in [2.75, 3.05) is 0 Å². The lowest BCUT2D eigenvalue weighted by atomic mass is 9.75. The maximum absolute atomic E-state index is 13.0. The van der Waals surface area contributed by atoms with E-state index < -0.39 is 11.7 Å². The summed E-state index contributed by atoms with van der Waals surface area (Å²) in [6, 6.07) is 6.01. The fourth-order valence-electron chi connectivity index (χ4n) is 4.06. The molecule has 0 saturated carbocycles. The van der Waals surface area contributed by atoms with E-state index >= 15 is 0 Å². The highest BCUT2D eigenvalue weighted by Gasteiger charge is 2.38. The fourth-order valence-corrected chi connectivity index (χ4v) is 4.50. The molecule has 3 rings (SSSR count). The molecule has 0 aromatic heterocycles. The molecule has 1 nitrogen and oxygen atoms in total. The van der Waals surface area contributed by atoms with Crippen molar-refractivity contribution in [1.82, 2.24) is 0 Å². The second kappa shape index (κ2) is 7.10. The van der Waals surface area contributed by atoms with Gasteiger partial charge in [0.1, 0.15) is 5.75 Å². The molecule has 154 valence electrons. The number of alkyl halides is 3. The first-order chi connectivity index (χ1) is 13.3. The summed E-state index contributed by atoms with van der Waals surface area (Å²) >= 11 is 12.9. The summed E-state index contributed by atoms with van der Waals surface area (Å²) in [7, 11) is 0. The van der Waals surface area contributed by atoms with E-state index in [-0.39, 0.29) is 21.2 Å². The Morgan fingerprint density at radius 2 is 1.45 bits per heavy atom. The topological polar surface area (TPSA) is 20.2 Å². The molecule has 29 heavy (non-hydrogen) atoms. The van der Waals surface area contributed by atoms with Crippen LogP contribution >= 0.6 is 23.2 Å². The molecular weight excluding hydrogens is 420 g/mol. The highest BCUT2D eigenvalue weighted by atomic mass is 35.5. The minimum atomic E-state index is -4.44. The summed E-state index contributed by atoms with van der Waals surface area (Å²) in [5.41, 5.74) is 4.44. The first kappa shape index (κ1) is 21.8. The van der Waals surface area contributed by atoms with Crippen molar-refractivity contribution in [3.8, 4) is 16.9 Å². The van der Waals surface area contributed by atoms with Crippen molar-refractivity contribution < 1.29 is 18.3 Å². The Kier molecular flexibility index (Phi) is 5.34. The lowest BCUT2D eigenvalue weighted by molar-refractivity contribution is -0.137. The van der Waals surface area contributed by atoms with Crippen LogP contribution in [0.3, 0.4) is 0 Å². The van der Waals surface area contributed by atoms with Crippen LogP contribution in [-0.4, -0.2) is 5.11 Å². The Bertz CT molecular complexity index is 1060.